The van der Waals surface area contributed by atoms with Crippen LogP contribution in [0.25, 0.3) is 11.1 Å². The van der Waals surface area contributed by atoms with E-state index < -0.39 is 18.9 Å². The summed E-state index contributed by atoms with van der Waals surface area (Å²) in [5.74, 6) is 0.451. The molecule has 102 valence electrons. The minimum atomic E-state index is -4.55. The molecule has 0 aliphatic rings. The van der Waals surface area contributed by atoms with Gasteiger partial charge in [0, 0.05) is 12.6 Å². The molecule has 5 nitrogen and oxygen atoms in total. The molecule has 1 heterocycles. The Kier molecular flexibility index (Phi) is 3.32. The first-order valence-electron chi connectivity index (χ1n) is 5.21. The smallest absolute Gasteiger partial charge is 0.422 e. The lowest BCUT2D eigenvalue weighted by Gasteiger charge is -2.08. The van der Waals surface area contributed by atoms with Gasteiger partial charge in [-0.2, -0.15) is 13.2 Å². The molecule has 0 bridgehead atoms. The van der Waals surface area contributed by atoms with Crippen LogP contribution in [0.4, 0.5) is 23.7 Å². The fourth-order valence-electron chi connectivity index (χ4n) is 1.42. The Morgan fingerprint density at radius 3 is 2.89 bits per heavy atom. The van der Waals surface area contributed by atoms with Crippen molar-refractivity contribution in [2.45, 2.75) is 13.1 Å². The predicted molar refractivity (Wildman–Crippen MR) is 59.8 cm³/mol. The second kappa shape index (κ2) is 4.79. The normalized spacial score (nSPS) is 11.6. The highest BCUT2D eigenvalue weighted by Gasteiger charge is 2.29. The molecule has 0 radical (unpaired) electrons. The van der Waals surface area contributed by atoms with Crippen LogP contribution in [-0.2, 0) is 4.74 Å². The van der Waals surface area contributed by atoms with E-state index in [1.807, 2.05) is 0 Å². The number of ether oxygens (including phenoxy) is 1. The lowest BCUT2D eigenvalue weighted by molar-refractivity contribution is -0.159. The average Bonchev–Trinajstić information content (AvgIpc) is 2.65. The number of aryl methyl sites for hydroxylation is 1. The largest absolute Gasteiger partial charge is 0.441 e. The van der Waals surface area contributed by atoms with E-state index in [1.54, 1.807) is 13.0 Å². The summed E-state index contributed by atoms with van der Waals surface area (Å²) in [6, 6.07) is 4.50. The topological polar surface area (TPSA) is 64.4 Å². The number of rotatable bonds is 2. The number of halogens is 3. The van der Waals surface area contributed by atoms with E-state index in [1.165, 1.54) is 12.1 Å². The zero-order valence-corrected chi connectivity index (χ0v) is 9.75. The van der Waals surface area contributed by atoms with Crippen LogP contribution in [0.1, 0.15) is 5.89 Å². The Hall–Kier alpha value is -2.25. The van der Waals surface area contributed by atoms with Gasteiger partial charge in [-0.25, -0.2) is 9.78 Å². The summed E-state index contributed by atoms with van der Waals surface area (Å²) in [5.41, 5.74) is 1.28. The third-order valence-corrected chi connectivity index (χ3v) is 2.11. The quantitative estimate of drug-likeness (QED) is 0.913. The second-order valence-electron chi connectivity index (χ2n) is 3.73. The lowest BCUT2D eigenvalue weighted by atomic mass is 10.3. The van der Waals surface area contributed by atoms with Gasteiger partial charge in [0.15, 0.2) is 18.1 Å². The van der Waals surface area contributed by atoms with Gasteiger partial charge in [0.25, 0.3) is 0 Å². The Labute approximate surface area is 105 Å². The number of fused-ring (bicyclic) bond motifs is 1. The van der Waals surface area contributed by atoms with Gasteiger partial charge in [-0.1, -0.05) is 0 Å². The molecule has 0 atom stereocenters. The number of carbonyl (C=O) groups excluding carboxylic acids is 1. The Bertz CT molecular complexity index is 607. The van der Waals surface area contributed by atoms with E-state index in [-0.39, 0.29) is 5.69 Å². The number of carbonyl (C=O) groups is 1. The molecule has 1 N–H and O–H groups in total. The number of alkyl halides is 3. The van der Waals surface area contributed by atoms with Gasteiger partial charge in [0.05, 0.1) is 0 Å². The zero-order chi connectivity index (χ0) is 14.0. The summed E-state index contributed by atoms with van der Waals surface area (Å²) in [6.07, 6.45) is -5.73. The standard InChI is InChI=1S/C11H9F3N2O3/c1-6-15-8-4-7(2-3-9(8)19-6)16-10(17)18-5-11(12,13)14/h2-4H,5H2,1H3,(H,16,17). The van der Waals surface area contributed by atoms with Crippen LogP contribution in [0.15, 0.2) is 22.6 Å². The van der Waals surface area contributed by atoms with Crippen LogP contribution in [0.5, 0.6) is 0 Å². The van der Waals surface area contributed by atoms with Crippen LogP contribution < -0.4 is 5.32 Å². The molecule has 2 aromatic rings. The minimum Gasteiger partial charge on any atom is -0.441 e. The molecule has 0 spiro atoms. The lowest BCUT2D eigenvalue weighted by Crippen LogP contribution is -2.23. The molecule has 0 fully saturated rings. The molecule has 1 aromatic heterocycles. The fourth-order valence-corrected chi connectivity index (χ4v) is 1.42. The molecule has 1 aromatic carbocycles. The number of nitrogens with zero attached hydrogens (tertiary/aromatic N) is 1. The molecule has 0 unspecified atom stereocenters. The van der Waals surface area contributed by atoms with E-state index >= 15 is 0 Å². The van der Waals surface area contributed by atoms with Crippen LogP contribution in [-0.4, -0.2) is 23.9 Å². The maximum atomic E-state index is 11.8. The zero-order valence-electron chi connectivity index (χ0n) is 9.75. The molecule has 0 aliphatic heterocycles. The number of hydrogen-bond acceptors (Lipinski definition) is 4. The highest BCUT2D eigenvalue weighted by Crippen LogP contribution is 2.20. The average molecular weight is 274 g/mol. The first-order chi connectivity index (χ1) is 8.83. The number of benzene rings is 1. The van der Waals surface area contributed by atoms with Crippen molar-refractivity contribution in [3.05, 3.63) is 24.1 Å². The summed E-state index contributed by atoms with van der Waals surface area (Å²) in [6.45, 7) is 0.0227. The molecule has 2 rings (SSSR count). The predicted octanol–water partition coefficient (Wildman–Crippen LogP) is 3.25. The SMILES string of the molecule is Cc1nc2cc(NC(=O)OCC(F)(F)F)ccc2o1. The third kappa shape index (κ3) is 3.60. The second-order valence-corrected chi connectivity index (χ2v) is 3.73. The fraction of sp³-hybridized carbons (Fsp3) is 0.273. The van der Waals surface area contributed by atoms with Crippen molar-refractivity contribution in [1.29, 1.82) is 0 Å². The summed E-state index contributed by atoms with van der Waals surface area (Å²) < 4.78 is 44.7. The maximum Gasteiger partial charge on any atom is 0.422 e. The monoisotopic (exact) mass is 274 g/mol. The highest BCUT2D eigenvalue weighted by molar-refractivity contribution is 5.88. The van der Waals surface area contributed by atoms with Crippen molar-refractivity contribution in [3.63, 3.8) is 0 Å². The highest BCUT2D eigenvalue weighted by atomic mass is 19.4. The van der Waals surface area contributed by atoms with E-state index in [2.05, 4.69) is 15.0 Å². The van der Waals surface area contributed by atoms with Gasteiger partial charge < -0.3 is 9.15 Å². The van der Waals surface area contributed by atoms with Crippen LogP contribution in [0.2, 0.25) is 0 Å². The first-order valence-corrected chi connectivity index (χ1v) is 5.21. The first kappa shape index (κ1) is 13.2. The molecule has 0 aliphatic carbocycles. The van der Waals surface area contributed by atoms with Crippen LogP contribution >= 0.6 is 0 Å². The number of nitrogens with one attached hydrogen (secondary N) is 1. The number of aromatic nitrogens is 1. The Morgan fingerprint density at radius 2 is 2.21 bits per heavy atom. The van der Waals surface area contributed by atoms with E-state index in [9.17, 15) is 18.0 Å². The molecular formula is C11H9F3N2O3. The van der Waals surface area contributed by atoms with Crippen LogP contribution in [0, 0.1) is 6.92 Å². The molecule has 19 heavy (non-hydrogen) atoms. The molecular weight excluding hydrogens is 265 g/mol. The molecule has 1 amide bonds. The summed E-state index contributed by atoms with van der Waals surface area (Å²) in [7, 11) is 0. The Balaban J connectivity index is 2.02. The van der Waals surface area contributed by atoms with Gasteiger partial charge in [0.2, 0.25) is 0 Å². The van der Waals surface area contributed by atoms with Crippen molar-refractivity contribution >= 4 is 22.9 Å². The van der Waals surface area contributed by atoms with E-state index in [0.717, 1.165) is 0 Å². The van der Waals surface area contributed by atoms with Gasteiger partial charge in [-0.15, -0.1) is 0 Å². The number of hydrogen-bond donors (Lipinski definition) is 1. The number of amides is 1. The third-order valence-electron chi connectivity index (χ3n) is 2.11. The summed E-state index contributed by atoms with van der Waals surface area (Å²) in [5, 5.41) is 2.17. The summed E-state index contributed by atoms with van der Waals surface area (Å²) in [4.78, 5) is 15.2. The van der Waals surface area contributed by atoms with Crippen molar-refractivity contribution in [1.82, 2.24) is 4.98 Å². The molecule has 0 saturated carbocycles. The van der Waals surface area contributed by atoms with Crippen LogP contribution in [0.3, 0.4) is 0 Å². The summed E-state index contributed by atoms with van der Waals surface area (Å²) >= 11 is 0. The molecule has 0 saturated heterocycles. The van der Waals surface area contributed by atoms with Gasteiger partial charge in [-0.05, 0) is 18.2 Å². The van der Waals surface area contributed by atoms with Crippen molar-refractivity contribution in [2.75, 3.05) is 11.9 Å². The number of anilines is 1. The molecule has 8 heteroatoms. The maximum absolute atomic E-state index is 11.8. The van der Waals surface area contributed by atoms with Crippen molar-refractivity contribution in [2.24, 2.45) is 0 Å². The van der Waals surface area contributed by atoms with Gasteiger partial charge in [0.1, 0.15) is 5.52 Å². The Morgan fingerprint density at radius 1 is 1.47 bits per heavy atom. The minimum absolute atomic E-state index is 0.271. The van der Waals surface area contributed by atoms with Crippen molar-refractivity contribution < 1.29 is 27.1 Å². The van der Waals surface area contributed by atoms with Gasteiger partial charge >= 0.3 is 12.3 Å². The van der Waals surface area contributed by atoms with Crippen molar-refractivity contribution in [3.8, 4) is 0 Å². The van der Waals surface area contributed by atoms with E-state index in [4.69, 9.17) is 4.42 Å². The van der Waals surface area contributed by atoms with Gasteiger partial charge in [-0.3, -0.25) is 5.32 Å². The number of oxazole rings is 1. The van der Waals surface area contributed by atoms with E-state index in [0.29, 0.717) is 17.0 Å².